The Balaban J connectivity index is 2.26. The second kappa shape index (κ2) is 4.80. The molecule has 19 heavy (non-hydrogen) atoms. The topological polar surface area (TPSA) is 43.8 Å². The lowest BCUT2D eigenvalue weighted by Crippen LogP contribution is -2.35. The number of rotatable bonds is 3. The second-order valence-electron chi connectivity index (χ2n) is 5.48. The number of nitrogens with zero attached hydrogens (tertiary/aromatic N) is 2. The van der Waals surface area contributed by atoms with Gasteiger partial charge in [0.2, 0.25) is 0 Å². The molecule has 102 valence electrons. The quantitative estimate of drug-likeness (QED) is 0.933. The third kappa shape index (κ3) is 1.87. The molecular weight excluding hydrogens is 258 g/mol. The van der Waals surface area contributed by atoms with Crippen LogP contribution in [-0.2, 0) is 12.0 Å². The van der Waals surface area contributed by atoms with Gasteiger partial charge in [0.25, 0.3) is 0 Å². The fourth-order valence-corrected chi connectivity index (χ4v) is 3.70. The van der Waals surface area contributed by atoms with Gasteiger partial charge in [0.1, 0.15) is 5.82 Å². The minimum Gasteiger partial charge on any atom is -0.329 e. The van der Waals surface area contributed by atoms with Crippen LogP contribution in [0.15, 0.2) is 18.2 Å². The average Bonchev–Trinajstić information content (AvgIpc) is 3.04. The molecule has 2 aromatic rings. The minimum absolute atomic E-state index is 0.0539. The Labute approximate surface area is 118 Å². The number of aryl methyl sites for hydroxylation is 1. The highest BCUT2D eigenvalue weighted by Gasteiger charge is 2.38. The SMILES string of the molecule is CCn1c(C2(CN)CCCC2)nc2cccc(Cl)c21. The molecule has 3 rings (SSSR count). The molecule has 0 saturated heterocycles. The van der Waals surface area contributed by atoms with Gasteiger partial charge in [0, 0.05) is 18.5 Å². The third-order valence-electron chi connectivity index (χ3n) is 4.46. The molecule has 1 aliphatic rings. The highest BCUT2D eigenvalue weighted by Crippen LogP contribution is 2.41. The number of fused-ring (bicyclic) bond motifs is 1. The molecule has 0 bridgehead atoms. The molecule has 1 fully saturated rings. The molecule has 0 amide bonds. The summed E-state index contributed by atoms with van der Waals surface area (Å²) in [7, 11) is 0. The van der Waals surface area contributed by atoms with Gasteiger partial charge in [0.15, 0.2) is 0 Å². The van der Waals surface area contributed by atoms with Crippen molar-refractivity contribution in [1.82, 2.24) is 9.55 Å². The summed E-state index contributed by atoms with van der Waals surface area (Å²) in [6, 6.07) is 5.94. The van der Waals surface area contributed by atoms with Crippen molar-refractivity contribution in [1.29, 1.82) is 0 Å². The summed E-state index contributed by atoms with van der Waals surface area (Å²) < 4.78 is 2.26. The van der Waals surface area contributed by atoms with Crippen molar-refractivity contribution in [2.24, 2.45) is 5.73 Å². The van der Waals surface area contributed by atoms with Gasteiger partial charge in [-0.1, -0.05) is 30.5 Å². The van der Waals surface area contributed by atoms with E-state index in [-0.39, 0.29) is 5.41 Å². The molecular formula is C15H20ClN3. The predicted molar refractivity (Wildman–Crippen MR) is 79.6 cm³/mol. The van der Waals surface area contributed by atoms with Crippen molar-refractivity contribution < 1.29 is 0 Å². The van der Waals surface area contributed by atoms with Gasteiger partial charge in [-0.25, -0.2) is 4.98 Å². The first-order valence-corrected chi connectivity index (χ1v) is 7.45. The van der Waals surface area contributed by atoms with E-state index in [0.29, 0.717) is 6.54 Å². The first-order chi connectivity index (χ1) is 9.22. The van der Waals surface area contributed by atoms with Crippen LogP contribution < -0.4 is 5.73 Å². The Morgan fingerprint density at radius 2 is 2.11 bits per heavy atom. The summed E-state index contributed by atoms with van der Waals surface area (Å²) in [5.74, 6) is 1.14. The van der Waals surface area contributed by atoms with Gasteiger partial charge >= 0.3 is 0 Å². The Kier molecular flexibility index (Phi) is 3.27. The fraction of sp³-hybridized carbons (Fsp3) is 0.533. The van der Waals surface area contributed by atoms with E-state index in [1.165, 1.54) is 12.8 Å². The molecule has 1 aromatic heterocycles. The fourth-order valence-electron chi connectivity index (χ4n) is 3.43. The Bertz CT molecular complexity index is 597. The normalized spacial score (nSPS) is 18.3. The number of nitrogens with two attached hydrogens (primary N) is 1. The van der Waals surface area contributed by atoms with Crippen LogP contribution in [0.2, 0.25) is 5.02 Å². The van der Waals surface area contributed by atoms with Crippen LogP contribution in [-0.4, -0.2) is 16.1 Å². The van der Waals surface area contributed by atoms with E-state index in [0.717, 1.165) is 41.3 Å². The molecule has 1 aromatic carbocycles. The summed E-state index contributed by atoms with van der Waals surface area (Å²) in [6.07, 6.45) is 4.78. The van der Waals surface area contributed by atoms with Crippen LogP contribution in [0.5, 0.6) is 0 Å². The van der Waals surface area contributed by atoms with Crippen LogP contribution in [0.25, 0.3) is 11.0 Å². The first kappa shape index (κ1) is 12.9. The third-order valence-corrected chi connectivity index (χ3v) is 4.76. The molecule has 0 spiro atoms. The number of halogens is 1. The van der Waals surface area contributed by atoms with Gasteiger partial charge in [-0.15, -0.1) is 0 Å². The number of hydrogen-bond donors (Lipinski definition) is 1. The molecule has 2 N–H and O–H groups in total. The Morgan fingerprint density at radius 1 is 1.37 bits per heavy atom. The first-order valence-electron chi connectivity index (χ1n) is 7.07. The average molecular weight is 278 g/mol. The summed E-state index contributed by atoms with van der Waals surface area (Å²) >= 11 is 6.36. The van der Waals surface area contributed by atoms with Crippen LogP contribution in [0, 0.1) is 0 Å². The van der Waals surface area contributed by atoms with Gasteiger partial charge in [-0.05, 0) is 31.9 Å². The molecule has 0 atom stereocenters. The van der Waals surface area contributed by atoms with Crippen molar-refractivity contribution in [3.63, 3.8) is 0 Å². The van der Waals surface area contributed by atoms with Crippen LogP contribution in [0.1, 0.15) is 38.4 Å². The van der Waals surface area contributed by atoms with Gasteiger partial charge in [-0.2, -0.15) is 0 Å². The van der Waals surface area contributed by atoms with Crippen LogP contribution in [0.4, 0.5) is 0 Å². The Hall–Kier alpha value is -1.06. The lowest BCUT2D eigenvalue weighted by molar-refractivity contribution is 0.407. The van der Waals surface area contributed by atoms with Gasteiger partial charge in [-0.3, -0.25) is 0 Å². The standard InChI is InChI=1S/C15H20ClN3/c1-2-19-13-11(16)6-5-7-12(13)18-14(19)15(10-17)8-3-4-9-15/h5-7H,2-4,8-10,17H2,1H3. The monoisotopic (exact) mass is 277 g/mol. The zero-order valence-electron chi connectivity index (χ0n) is 11.3. The van der Waals surface area contributed by atoms with E-state index in [1.807, 2.05) is 18.2 Å². The number of hydrogen-bond acceptors (Lipinski definition) is 2. The number of benzene rings is 1. The molecule has 0 unspecified atom stereocenters. The van der Waals surface area contributed by atoms with E-state index in [4.69, 9.17) is 22.3 Å². The van der Waals surface area contributed by atoms with Gasteiger partial charge < -0.3 is 10.3 Å². The van der Waals surface area contributed by atoms with Gasteiger partial charge in [0.05, 0.1) is 16.1 Å². The number of imidazole rings is 1. The number of para-hydroxylation sites is 1. The van der Waals surface area contributed by atoms with E-state index in [2.05, 4.69) is 11.5 Å². The van der Waals surface area contributed by atoms with E-state index in [9.17, 15) is 0 Å². The van der Waals surface area contributed by atoms with Crippen LogP contribution in [0.3, 0.4) is 0 Å². The van der Waals surface area contributed by atoms with E-state index in [1.54, 1.807) is 0 Å². The lowest BCUT2D eigenvalue weighted by atomic mass is 9.85. The second-order valence-corrected chi connectivity index (χ2v) is 5.89. The van der Waals surface area contributed by atoms with Crippen LogP contribution >= 0.6 is 11.6 Å². The summed E-state index contributed by atoms with van der Waals surface area (Å²) in [5.41, 5.74) is 8.20. The van der Waals surface area contributed by atoms with Crippen molar-refractivity contribution in [3.05, 3.63) is 29.0 Å². The molecule has 0 radical (unpaired) electrons. The molecule has 0 aliphatic heterocycles. The molecule has 4 heteroatoms. The summed E-state index contributed by atoms with van der Waals surface area (Å²) in [4.78, 5) is 4.87. The molecule has 1 aliphatic carbocycles. The summed E-state index contributed by atoms with van der Waals surface area (Å²) in [5, 5.41) is 0.781. The molecule has 1 saturated carbocycles. The van der Waals surface area contributed by atoms with Crippen molar-refractivity contribution in [2.75, 3.05) is 6.54 Å². The predicted octanol–water partition coefficient (Wildman–Crippen LogP) is 3.48. The highest BCUT2D eigenvalue weighted by molar-refractivity contribution is 6.35. The molecule has 3 nitrogen and oxygen atoms in total. The largest absolute Gasteiger partial charge is 0.329 e. The minimum atomic E-state index is 0.0539. The van der Waals surface area contributed by atoms with Crippen molar-refractivity contribution in [3.8, 4) is 0 Å². The molecule has 1 heterocycles. The zero-order valence-corrected chi connectivity index (χ0v) is 12.1. The van der Waals surface area contributed by atoms with Crippen molar-refractivity contribution in [2.45, 2.75) is 44.6 Å². The maximum absolute atomic E-state index is 6.36. The smallest absolute Gasteiger partial charge is 0.117 e. The highest BCUT2D eigenvalue weighted by atomic mass is 35.5. The number of aromatic nitrogens is 2. The maximum atomic E-state index is 6.36. The van der Waals surface area contributed by atoms with Crippen molar-refractivity contribution >= 4 is 22.6 Å². The zero-order chi connectivity index (χ0) is 13.5. The Morgan fingerprint density at radius 3 is 2.74 bits per heavy atom. The van der Waals surface area contributed by atoms with E-state index >= 15 is 0 Å². The maximum Gasteiger partial charge on any atom is 0.117 e. The summed E-state index contributed by atoms with van der Waals surface area (Å²) in [6.45, 7) is 3.71. The van der Waals surface area contributed by atoms with E-state index < -0.39 is 0 Å². The lowest BCUT2D eigenvalue weighted by Gasteiger charge is -2.27.